The molecule has 7 nitrogen and oxygen atoms in total. The molecule has 0 unspecified atom stereocenters. The van der Waals surface area contributed by atoms with Crippen molar-refractivity contribution >= 4 is 32.4 Å². The third-order valence-corrected chi connectivity index (χ3v) is 8.17. The number of carbonyl (C=O) groups is 1. The van der Waals surface area contributed by atoms with Gasteiger partial charge in [-0.1, -0.05) is 12.5 Å². The van der Waals surface area contributed by atoms with Crippen molar-refractivity contribution in [3.05, 3.63) is 40.4 Å². The van der Waals surface area contributed by atoms with Crippen LogP contribution in [-0.4, -0.2) is 43.8 Å². The number of nitrogens with one attached hydrogen (secondary N) is 2. The number of fused-ring (bicyclic) bond motifs is 1. The maximum atomic E-state index is 12.6. The molecule has 2 heterocycles. The van der Waals surface area contributed by atoms with Gasteiger partial charge in [0.1, 0.15) is 0 Å². The first kappa shape index (κ1) is 22.4. The number of benzene rings is 1. The van der Waals surface area contributed by atoms with E-state index in [1.165, 1.54) is 36.2 Å². The number of piperidine rings is 1. The monoisotopic (exact) mass is 462 g/mol. The lowest BCUT2D eigenvalue weighted by Crippen LogP contribution is -2.29. The minimum atomic E-state index is -3.62. The lowest BCUT2D eigenvalue weighted by atomic mass is 9.92. The number of thiazole rings is 1. The Bertz CT molecular complexity index is 1010. The largest absolute Gasteiger partial charge is 0.302 e. The summed E-state index contributed by atoms with van der Waals surface area (Å²) in [6, 6.07) is 5.35. The molecular weight excluding hydrogens is 432 g/mol. The van der Waals surface area contributed by atoms with E-state index in [0.717, 1.165) is 56.6 Å². The van der Waals surface area contributed by atoms with Crippen molar-refractivity contribution in [3.8, 4) is 0 Å². The van der Waals surface area contributed by atoms with Crippen LogP contribution in [0.3, 0.4) is 0 Å². The van der Waals surface area contributed by atoms with E-state index in [9.17, 15) is 13.2 Å². The van der Waals surface area contributed by atoms with Gasteiger partial charge in [-0.25, -0.2) is 18.1 Å². The number of likely N-dealkylation sites (tertiary alicyclic amines) is 1. The van der Waals surface area contributed by atoms with Gasteiger partial charge >= 0.3 is 0 Å². The number of sulfonamides is 1. The molecule has 0 saturated carbocycles. The molecule has 0 atom stereocenters. The van der Waals surface area contributed by atoms with Crippen LogP contribution in [0.25, 0.3) is 0 Å². The Hall–Kier alpha value is -1.81. The molecule has 1 aromatic carbocycles. The molecule has 9 heteroatoms. The summed E-state index contributed by atoms with van der Waals surface area (Å²) in [6.07, 6.45) is 8.01. The summed E-state index contributed by atoms with van der Waals surface area (Å²) in [4.78, 5) is 19.4. The maximum absolute atomic E-state index is 12.6. The van der Waals surface area contributed by atoms with E-state index in [0.29, 0.717) is 5.13 Å². The first-order valence-electron chi connectivity index (χ1n) is 11.1. The number of anilines is 1. The van der Waals surface area contributed by atoms with Gasteiger partial charge in [-0.3, -0.25) is 9.69 Å². The average molecular weight is 463 g/mol. The normalized spacial score (nSPS) is 17.3. The molecule has 1 aliphatic heterocycles. The van der Waals surface area contributed by atoms with Crippen LogP contribution in [0.5, 0.6) is 0 Å². The fraction of sp³-hybridized carbons (Fsp3) is 0.545. The Morgan fingerprint density at radius 1 is 1.06 bits per heavy atom. The Morgan fingerprint density at radius 2 is 1.84 bits per heavy atom. The van der Waals surface area contributed by atoms with E-state index in [-0.39, 0.29) is 23.8 Å². The molecule has 4 rings (SSSR count). The van der Waals surface area contributed by atoms with Crippen LogP contribution in [0.2, 0.25) is 0 Å². The quantitative estimate of drug-likeness (QED) is 0.628. The number of carbonyl (C=O) groups excluding carboxylic acids is 1. The van der Waals surface area contributed by atoms with Gasteiger partial charge in [0.05, 0.1) is 10.6 Å². The fourth-order valence-corrected chi connectivity index (χ4v) is 6.02. The van der Waals surface area contributed by atoms with Gasteiger partial charge in [-0.05, 0) is 74.9 Å². The predicted octanol–water partition coefficient (Wildman–Crippen LogP) is 3.31. The van der Waals surface area contributed by atoms with E-state index < -0.39 is 10.0 Å². The van der Waals surface area contributed by atoms with Gasteiger partial charge in [0.15, 0.2) is 5.13 Å². The highest BCUT2D eigenvalue weighted by Gasteiger charge is 2.18. The molecule has 2 aliphatic rings. The molecule has 1 amide bonds. The van der Waals surface area contributed by atoms with Crippen molar-refractivity contribution in [2.24, 2.45) is 0 Å². The minimum Gasteiger partial charge on any atom is -0.302 e. The van der Waals surface area contributed by atoms with Gasteiger partial charge in [-0.15, -0.1) is 11.3 Å². The summed E-state index contributed by atoms with van der Waals surface area (Å²) >= 11 is 1.41. The maximum Gasteiger partial charge on any atom is 0.240 e. The van der Waals surface area contributed by atoms with E-state index >= 15 is 0 Å². The van der Waals surface area contributed by atoms with E-state index in [2.05, 4.69) is 19.9 Å². The second-order valence-corrected chi connectivity index (χ2v) is 10.9. The van der Waals surface area contributed by atoms with Crippen molar-refractivity contribution in [1.82, 2.24) is 14.6 Å². The Labute approximate surface area is 188 Å². The molecule has 0 radical (unpaired) electrons. The van der Waals surface area contributed by atoms with E-state index in [1.54, 1.807) is 12.1 Å². The number of nitrogens with zero attached hydrogens (tertiary/aromatic N) is 2. The third kappa shape index (κ3) is 6.12. The van der Waals surface area contributed by atoms with Crippen LogP contribution in [0.15, 0.2) is 28.5 Å². The number of hydrogen-bond acceptors (Lipinski definition) is 6. The summed E-state index contributed by atoms with van der Waals surface area (Å²) in [5, 5.41) is 5.32. The standard InChI is InChI=1S/C22H30N4O3S2/c27-21(25-22-24-19(16-30-22)15-26-12-4-1-5-13-26)10-11-23-31(28,29)20-9-8-17-6-2-3-7-18(17)14-20/h8-9,14,16,23H,1-7,10-13,15H2,(H,24,25,27). The smallest absolute Gasteiger partial charge is 0.240 e. The molecule has 31 heavy (non-hydrogen) atoms. The summed E-state index contributed by atoms with van der Waals surface area (Å²) in [5.74, 6) is -0.244. The molecule has 2 aromatic rings. The Kier molecular flexibility index (Phi) is 7.37. The molecule has 168 valence electrons. The third-order valence-electron chi connectivity index (χ3n) is 5.91. The van der Waals surface area contributed by atoms with Crippen LogP contribution >= 0.6 is 11.3 Å². The highest BCUT2D eigenvalue weighted by molar-refractivity contribution is 7.89. The Balaban J connectivity index is 1.24. The van der Waals surface area contributed by atoms with Gasteiger partial charge in [0.25, 0.3) is 0 Å². The molecule has 2 N–H and O–H groups in total. The average Bonchev–Trinajstić information content (AvgIpc) is 3.20. The van der Waals surface area contributed by atoms with Gasteiger partial charge in [0, 0.05) is 24.9 Å². The van der Waals surface area contributed by atoms with Gasteiger partial charge < -0.3 is 5.32 Å². The second-order valence-electron chi connectivity index (χ2n) is 8.31. The summed E-state index contributed by atoms with van der Waals surface area (Å²) in [6.45, 7) is 3.07. The van der Waals surface area contributed by atoms with E-state index in [1.807, 2.05) is 11.4 Å². The topological polar surface area (TPSA) is 91.4 Å². The highest BCUT2D eigenvalue weighted by atomic mass is 32.2. The molecular formula is C22H30N4O3S2. The highest BCUT2D eigenvalue weighted by Crippen LogP contribution is 2.24. The summed E-state index contributed by atoms with van der Waals surface area (Å²) in [7, 11) is -3.62. The molecule has 0 spiro atoms. The zero-order valence-electron chi connectivity index (χ0n) is 17.7. The van der Waals surface area contributed by atoms with Crippen molar-refractivity contribution in [3.63, 3.8) is 0 Å². The molecule has 1 fully saturated rings. The van der Waals surface area contributed by atoms with E-state index in [4.69, 9.17) is 0 Å². The van der Waals surface area contributed by atoms with Crippen molar-refractivity contribution in [2.75, 3.05) is 25.0 Å². The number of amides is 1. The summed E-state index contributed by atoms with van der Waals surface area (Å²) in [5.41, 5.74) is 3.33. The van der Waals surface area contributed by atoms with Crippen LogP contribution in [0.1, 0.15) is 55.3 Å². The molecule has 0 bridgehead atoms. The minimum absolute atomic E-state index is 0.0528. The number of rotatable bonds is 8. The molecule has 1 aliphatic carbocycles. The van der Waals surface area contributed by atoms with Crippen LogP contribution < -0.4 is 10.0 Å². The molecule has 1 aromatic heterocycles. The van der Waals surface area contributed by atoms with Crippen molar-refractivity contribution in [1.29, 1.82) is 0 Å². The van der Waals surface area contributed by atoms with Crippen LogP contribution in [-0.2, 0) is 34.2 Å². The SMILES string of the molecule is O=C(CCNS(=O)(=O)c1ccc2c(c1)CCCC2)Nc1nc(CN2CCCCC2)cs1. The van der Waals surface area contributed by atoms with Crippen molar-refractivity contribution in [2.45, 2.75) is 62.8 Å². The van der Waals surface area contributed by atoms with Gasteiger partial charge in [0.2, 0.25) is 15.9 Å². The number of aromatic nitrogens is 1. The first-order chi connectivity index (χ1) is 15.0. The first-order valence-corrected chi connectivity index (χ1v) is 13.4. The summed E-state index contributed by atoms with van der Waals surface area (Å²) < 4.78 is 27.7. The van der Waals surface area contributed by atoms with Crippen molar-refractivity contribution < 1.29 is 13.2 Å². The predicted molar refractivity (Wildman–Crippen MR) is 123 cm³/mol. The second kappa shape index (κ2) is 10.2. The molecule has 1 saturated heterocycles. The number of aryl methyl sites for hydroxylation is 2. The lowest BCUT2D eigenvalue weighted by Gasteiger charge is -2.25. The Morgan fingerprint density at radius 3 is 2.65 bits per heavy atom. The van der Waals surface area contributed by atoms with Crippen LogP contribution in [0.4, 0.5) is 5.13 Å². The lowest BCUT2D eigenvalue weighted by molar-refractivity contribution is -0.116. The van der Waals surface area contributed by atoms with Gasteiger partial charge in [-0.2, -0.15) is 0 Å². The van der Waals surface area contributed by atoms with Crippen LogP contribution in [0, 0.1) is 0 Å². The fourth-order valence-electron chi connectivity index (χ4n) is 4.22. The zero-order valence-corrected chi connectivity index (χ0v) is 19.4. The number of hydrogen-bond donors (Lipinski definition) is 2. The zero-order chi connectivity index (χ0) is 21.7.